The van der Waals surface area contributed by atoms with Crippen LogP contribution in [0.2, 0.25) is 0 Å². The molecule has 2 amide bonds. The zero-order chi connectivity index (χ0) is 35.3. The van der Waals surface area contributed by atoms with Gasteiger partial charge in [-0.2, -0.15) is 0 Å². The Balaban J connectivity index is 1.33. The topological polar surface area (TPSA) is 114 Å². The number of anilines is 1. The van der Waals surface area contributed by atoms with Crippen molar-refractivity contribution in [2.75, 3.05) is 25.0 Å². The van der Waals surface area contributed by atoms with Crippen molar-refractivity contribution in [3.05, 3.63) is 156 Å². The summed E-state index contributed by atoms with van der Waals surface area (Å²) in [6.45, 7) is 0.112. The molecule has 5 aromatic carbocycles. The molecule has 0 radical (unpaired) electrons. The number of rotatable bonds is 16. The lowest BCUT2D eigenvalue weighted by Crippen LogP contribution is -2.52. The highest BCUT2D eigenvalue weighted by atomic mass is 32.2. The van der Waals surface area contributed by atoms with Gasteiger partial charge in [-0.05, 0) is 83.8 Å². The molecule has 1 unspecified atom stereocenters. The van der Waals surface area contributed by atoms with E-state index < -0.39 is 34.4 Å². The van der Waals surface area contributed by atoms with Gasteiger partial charge in [0.05, 0.1) is 12.0 Å². The Morgan fingerprint density at radius 1 is 0.740 bits per heavy atom. The Hall–Kier alpha value is -5.68. The fraction of sp³-hybridized carbons (Fsp3) is 0.179. The Labute approximate surface area is 291 Å². The van der Waals surface area contributed by atoms with E-state index in [0.29, 0.717) is 18.7 Å². The second-order valence-electron chi connectivity index (χ2n) is 11.5. The summed E-state index contributed by atoms with van der Waals surface area (Å²) >= 11 is 0. The fourth-order valence-electron chi connectivity index (χ4n) is 5.25. The number of benzene rings is 5. The first-order valence-electron chi connectivity index (χ1n) is 16.0. The maximum atomic E-state index is 14.0. The summed E-state index contributed by atoms with van der Waals surface area (Å²) in [6, 6.07) is 36.2. The van der Waals surface area contributed by atoms with Gasteiger partial charge in [0.15, 0.2) is 6.61 Å². The molecule has 0 saturated heterocycles. The summed E-state index contributed by atoms with van der Waals surface area (Å²) in [6.07, 6.45) is 0.902. The van der Waals surface area contributed by atoms with E-state index in [1.165, 1.54) is 41.3 Å². The number of amides is 2. The molecule has 2 N–H and O–H groups in total. The molecule has 9 nitrogen and oxygen atoms in total. The predicted molar refractivity (Wildman–Crippen MR) is 190 cm³/mol. The summed E-state index contributed by atoms with van der Waals surface area (Å²) in [5, 5.41) is 3.03. The largest absolute Gasteiger partial charge is 0.497 e. The van der Waals surface area contributed by atoms with Crippen LogP contribution in [0.5, 0.6) is 11.5 Å². The minimum absolute atomic E-state index is 0.0447. The van der Waals surface area contributed by atoms with E-state index in [1.807, 2.05) is 72.8 Å². The van der Waals surface area contributed by atoms with Crippen molar-refractivity contribution in [2.45, 2.75) is 30.3 Å². The quantitative estimate of drug-likeness (QED) is 0.131. The average molecular weight is 696 g/mol. The SMILES string of the molecule is COc1ccc(CN(C(=O)COc2ccc(S(=O)(=O)Nc3ccc(F)cc3)cc2)C(Cc2ccccc2)C(=O)NCCc2ccccc2)cc1. The standard InChI is InChI=1S/C39H38FN3O6S/c1-48-34-18-12-31(13-19-34)27-43(37(26-30-10-6-3-7-11-30)39(45)41-25-24-29-8-4-2-5-9-29)38(44)28-49-35-20-22-36(23-21-35)50(46,47)42-33-16-14-32(40)15-17-33/h2-23,37,42H,24-28H2,1H3,(H,41,45). The second-order valence-corrected chi connectivity index (χ2v) is 13.2. The van der Waals surface area contributed by atoms with Gasteiger partial charge in [-0.15, -0.1) is 0 Å². The van der Waals surface area contributed by atoms with Crippen LogP contribution in [0.4, 0.5) is 10.1 Å². The lowest BCUT2D eigenvalue weighted by atomic mass is 10.0. The monoisotopic (exact) mass is 695 g/mol. The molecule has 5 rings (SSSR count). The Bertz CT molecular complexity index is 1940. The Kier molecular flexibility index (Phi) is 12.2. The maximum Gasteiger partial charge on any atom is 0.261 e. The molecule has 0 fully saturated rings. The molecular weight excluding hydrogens is 658 g/mol. The van der Waals surface area contributed by atoms with Crippen LogP contribution in [0.25, 0.3) is 0 Å². The summed E-state index contributed by atoms with van der Waals surface area (Å²) in [5.41, 5.74) is 2.97. The van der Waals surface area contributed by atoms with Crippen molar-refractivity contribution in [2.24, 2.45) is 0 Å². The predicted octanol–water partition coefficient (Wildman–Crippen LogP) is 6.01. The normalized spacial score (nSPS) is 11.6. The minimum atomic E-state index is -3.96. The number of halogens is 1. The van der Waals surface area contributed by atoms with Gasteiger partial charge in [-0.1, -0.05) is 72.8 Å². The van der Waals surface area contributed by atoms with E-state index in [9.17, 15) is 22.4 Å². The zero-order valence-corrected chi connectivity index (χ0v) is 28.3. The van der Waals surface area contributed by atoms with Crippen molar-refractivity contribution in [3.8, 4) is 11.5 Å². The molecule has 0 spiro atoms. The van der Waals surface area contributed by atoms with Gasteiger partial charge in [0.25, 0.3) is 15.9 Å². The van der Waals surface area contributed by atoms with Gasteiger partial charge in [0, 0.05) is 25.2 Å². The number of ether oxygens (including phenoxy) is 2. The molecule has 0 aromatic heterocycles. The highest BCUT2D eigenvalue weighted by Crippen LogP contribution is 2.21. The van der Waals surface area contributed by atoms with Crippen LogP contribution >= 0.6 is 0 Å². The van der Waals surface area contributed by atoms with E-state index >= 15 is 0 Å². The smallest absolute Gasteiger partial charge is 0.261 e. The zero-order valence-electron chi connectivity index (χ0n) is 27.5. The Morgan fingerprint density at radius 3 is 1.96 bits per heavy atom. The molecule has 0 heterocycles. The van der Waals surface area contributed by atoms with E-state index in [0.717, 1.165) is 28.8 Å². The number of nitrogens with one attached hydrogen (secondary N) is 2. The summed E-state index contributed by atoms with van der Waals surface area (Å²) in [7, 11) is -2.39. The molecule has 1 atom stereocenters. The highest BCUT2D eigenvalue weighted by molar-refractivity contribution is 7.92. The molecule has 50 heavy (non-hydrogen) atoms. The van der Waals surface area contributed by atoms with Gasteiger partial charge < -0.3 is 19.7 Å². The fourth-order valence-corrected chi connectivity index (χ4v) is 6.31. The molecule has 0 bridgehead atoms. The number of hydrogen-bond donors (Lipinski definition) is 2. The van der Waals surface area contributed by atoms with Crippen molar-refractivity contribution >= 4 is 27.5 Å². The first-order chi connectivity index (χ1) is 24.2. The van der Waals surface area contributed by atoms with Gasteiger partial charge in [0.1, 0.15) is 23.4 Å². The molecule has 0 saturated carbocycles. The van der Waals surface area contributed by atoms with E-state index in [2.05, 4.69) is 10.0 Å². The van der Waals surface area contributed by atoms with Crippen LogP contribution in [-0.4, -0.2) is 51.4 Å². The molecule has 0 aliphatic heterocycles. The first kappa shape index (κ1) is 35.6. The van der Waals surface area contributed by atoms with Crippen molar-refractivity contribution in [1.82, 2.24) is 10.2 Å². The minimum Gasteiger partial charge on any atom is -0.497 e. The first-order valence-corrected chi connectivity index (χ1v) is 17.5. The third-order valence-corrected chi connectivity index (χ3v) is 9.33. The molecule has 0 aliphatic carbocycles. The number of methoxy groups -OCH3 is 1. The van der Waals surface area contributed by atoms with Gasteiger partial charge in [0.2, 0.25) is 5.91 Å². The number of hydrogen-bond acceptors (Lipinski definition) is 6. The summed E-state index contributed by atoms with van der Waals surface area (Å²) in [4.78, 5) is 29.3. The van der Waals surface area contributed by atoms with Crippen LogP contribution in [0.15, 0.2) is 138 Å². The van der Waals surface area contributed by atoms with Crippen LogP contribution < -0.4 is 19.5 Å². The lowest BCUT2D eigenvalue weighted by molar-refractivity contribution is -0.142. The maximum absolute atomic E-state index is 14.0. The van der Waals surface area contributed by atoms with Crippen LogP contribution in [-0.2, 0) is 39.0 Å². The third kappa shape index (κ3) is 10.2. The molecular formula is C39H38FN3O6S. The van der Waals surface area contributed by atoms with Crippen LogP contribution in [0, 0.1) is 5.82 Å². The molecule has 258 valence electrons. The second kappa shape index (κ2) is 17.1. The summed E-state index contributed by atoms with van der Waals surface area (Å²) < 4.78 is 52.5. The number of sulfonamides is 1. The molecule has 11 heteroatoms. The third-order valence-electron chi connectivity index (χ3n) is 7.93. The average Bonchev–Trinajstić information content (AvgIpc) is 3.14. The van der Waals surface area contributed by atoms with E-state index in [-0.39, 0.29) is 35.2 Å². The number of carbonyl (C=O) groups is 2. The van der Waals surface area contributed by atoms with Gasteiger partial charge in [-0.25, -0.2) is 12.8 Å². The summed E-state index contributed by atoms with van der Waals surface area (Å²) in [5.74, 6) is -0.297. The molecule has 0 aliphatic rings. The van der Waals surface area contributed by atoms with Gasteiger partial charge in [-0.3, -0.25) is 14.3 Å². The highest BCUT2D eigenvalue weighted by Gasteiger charge is 2.30. The van der Waals surface area contributed by atoms with Crippen molar-refractivity contribution < 1.29 is 31.9 Å². The van der Waals surface area contributed by atoms with E-state index in [1.54, 1.807) is 19.2 Å². The van der Waals surface area contributed by atoms with Crippen molar-refractivity contribution in [1.29, 1.82) is 0 Å². The Morgan fingerprint density at radius 2 is 1.34 bits per heavy atom. The van der Waals surface area contributed by atoms with Gasteiger partial charge >= 0.3 is 0 Å². The molecule has 5 aromatic rings. The van der Waals surface area contributed by atoms with Crippen LogP contribution in [0.3, 0.4) is 0 Å². The van der Waals surface area contributed by atoms with E-state index in [4.69, 9.17) is 9.47 Å². The van der Waals surface area contributed by atoms with Crippen molar-refractivity contribution in [3.63, 3.8) is 0 Å². The van der Waals surface area contributed by atoms with Crippen LogP contribution in [0.1, 0.15) is 16.7 Å². The lowest BCUT2D eigenvalue weighted by Gasteiger charge is -2.31. The number of nitrogens with zero attached hydrogens (tertiary/aromatic N) is 1. The number of carbonyl (C=O) groups excluding carboxylic acids is 2.